The van der Waals surface area contributed by atoms with E-state index in [-0.39, 0.29) is 23.8 Å². The highest BCUT2D eigenvalue weighted by atomic mass is 16.5. The van der Waals surface area contributed by atoms with Crippen LogP contribution in [0.15, 0.2) is 36.9 Å². The zero-order chi connectivity index (χ0) is 27.4. The highest BCUT2D eigenvalue weighted by molar-refractivity contribution is 5.88. The first-order chi connectivity index (χ1) is 19.5. The number of likely N-dealkylation sites (tertiary alicyclic amines) is 2. The number of nitrogens with zero attached hydrogens (tertiary/aromatic N) is 6. The summed E-state index contributed by atoms with van der Waals surface area (Å²) in [6.45, 7) is 7.86. The largest absolute Gasteiger partial charge is 0.462 e. The minimum absolute atomic E-state index is 0.0762. The summed E-state index contributed by atoms with van der Waals surface area (Å²) in [5.41, 5.74) is 5.03. The molecule has 3 fully saturated rings. The van der Waals surface area contributed by atoms with E-state index in [2.05, 4.69) is 52.6 Å². The van der Waals surface area contributed by atoms with Crippen LogP contribution in [0, 0.1) is 0 Å². The Morgan fingerprint density at radius 1 is 1.12 bits per heavy atom. The Morgan fingerprint density at radius 2 is 1.93 bits per heavy atom. The van der Waals surface area contributed by atoms with Crippen LogP contribution >= 0.6 is 0 Å². The lowest BCUT2D eigenvalue weighted by Gasteiger charge is -2.50. The predicted molar refractivity (Wildman–Crippen MR) is 151 cm³/mol. The van der Waals surface area contributed by atoms with E-state index in [1.807, 2.05) is 4.90 Å². The van der Waals surface area contributed by atoms with Gasteiger partial charge in [-0.05, 0) is 56.5 Å². The SMILES string of the molecule is C=CC(=O)N1CC2CC(=O)CC(C1)N2c1nc(OC[C@@H]2CCCN2C)nc2c1CN(C1CCc3ccccc31)C2. The molecule has 0 saturated carbocycles. The van der Waals surface area contributed by atoms with Crippen LogP contribution < -0.4 is 9.64 Å². The highest BCUT2D eigenvalue weighted by Crippen LogP contribution is 2.43. The predicted octanol–water partition coefficient (Wildman–Crippen LogP) is 2.89. The van der Waals surface area contributed by atoms with E-state index in [9.17, 15) is 9.59 Å². The number of hydrogen-bond donors (Lipinski definition) is 0. The van der Waals surface area contributed by atoms with Gasteiger partial charge in [-0.3, -0.25) is 14.5 Å². The van der Waals surface area contributed by atoms with Gasteiger partial charge in [-0.1, -0.05) is 30.8 Å². The Hall–Kier alpha value is -3.30. The van der Waals surface area contributed by atoms with Crippen LogP contribution in [0.5, 0.6) is 6.01 Å². The summed E-state index contributed by atoms with van der Waals surface area (Å²) in [6.07, 6.45) is 6.71. The van der Waals surface area contributed by atoms with Crippen molar-refractivity contribution in [3.63, 3.8) is 0 Å². The molecule has 1 aromatic carbocycles. The van der Waals surface area contributed by atoms with Crippen molar-refractivity contribution in [1.29, 1.82) is 0 Å². The quantitative estimate of drug-likeness (QED) is 0.516. The maximum Gasteiger partial charge on any atom is 0.318 e. The summed E-state index contributed by atoms with van der Waals surface area (Å²) < 4.78 is 6.30. The molecule has 3 saturated heterocycles. The lowest BCUT2D eigenvalue weighted by atomic mass is 9.89. The third kappa shape index (κ3) is 4.49. The number of amides is 1. The summed E-state index contributed by atoms with van der Waals surface area (Å²) in [7, 11) is 2.15. The smallest absolute Gasteiger partial charge is 0.318 e. The first kappa shape index (κ1) is 25.7. The van der Waals surface area contributed by atoms with Crippen molar-refractivity contribution in [2.45, 2.75) is 75.8 Å². The van der Waals surface area contributed by atoms with Crippen molar-refractivity contribution in [2.75, 3.05) is 38.2 Å². The van der Waals surface area contributed by atoms with Gasteiger partial charge in [0.15, 0.2) is 0 Å². The number of ketones is 1. The number of carbonyl (C=O) groups is 2. The second-order valence-electron chi connectivity index (χ2n) is 12.1. The summed E-state index contributed by atoms with van der Waals surface area (Å²) >= 11 is 0. The van der Waals surface area contributed by atoms with Gasteiger partial charge in [0.25, 0.3) is 0 Å². The van der Waals surface area contributed by atoms with Gasteiger partial charge < -0.3 is 19.4 Å². The van der Waals surface area contributed by atoms with E-state index in [1.165, 1.54) is 23.6 Å². The van der Waals surface area contributed by atoms with Gasteiger partial charge in [0, 0.05) is 56.7 Å². The fourth-order valence-corrected chi connectivity index (χ4v) is 7.66. The van der Waals surface area contributed by atoms with Crippen LogP contribution in [0.3, 0.4) is 0 Å². The third-order valence-electron chi connectivity index (χ3n) is 9.69. The molecule has 1 amide bonds. The second-order valence-corrected chi connectivity index (χ2v) is 12.1. The normalized spacial score (nSPS) is 28.1. The van der Waals surface area contributed by atoms with Crippen molar-refractivity contribution < 1.29 is 14.3 Å². The van der Waals surface area contributed by atoms with Gasteiger partial charge in [-0.15, -0.1) is 0 Å². The number of piperazine rings is 1. The monoisotopic (exact) mass is 542 g/mol. The Labute approximate surface area is 235 Å². The molecule has 0 radical (unpaired) electrons. The molecule has 4 atom stereocenters. The fourth-order valence-electron chi connectivity index (χ4n) is 7.66. The number of piperidine rings is 1. The Bertz CT molecular complexity index is 1330. The number of Topliss-reactive ketones (excluding diaryl/α,β-unsaturated/α-hetero) is 1. The Balaban J connectivity index is 1.22. The zero-order valence-corrected chi connectivity index (χ0v) is 23.3. The highest BCUT2D eigenvalue weighted by Gasteiger charge is 2.45. The van der Waals surface area contributed by atoms with Crippen molar-refractivity contribution in [2.24, 2.45) is 0 Å². The van der Waals surface area contributed by atoms with E-state index in [1.54, 1.807) is 0 Å². The number of ether oxygens (including phenoxy) is 1. The summed E-state index contributed by atoms with van der Waals surface area (Å²) in [6, 6.07) is 9.72. The second kappa shape index (κ2) is 10.3. The molecule has 2 aromatic rings. The maximum atomic E-state index is 12.7. The number of benzene rings is 1. The lowest BCUT2D eigenvalue weighted by molar-refractivity contribution is -0.131. The summed E-state index contributed by atoms with van der Waals surface area (Å²) in [5.74, 6) is 1.07. The number of carbonyl (C=O) groups excluding carboxylic acids is 2. The number of likely N-dealkylation sites (N-methyl/N-ethyl adjacent to an activating group) is 1. The summed E-state index contributed by atoms with van der Waals surface area (Å²) in [4.78, 5) is 44.3. The Kier molecular flexibility index (Phi) is 6.59. The molecule has 7 rings (SSSR count). The van der Waals surface area contributed by atoms with Crippen LogP contribution in [0.25, 0.3) is 0 Å². The zero-order valence-electron chi connectivity index (χ0n) is 23.3. The topological polar surface area (TPSA) is 82.1 Å². The van der Waals surface area contributed by atoms with E-state index in [4.69, 9.17) is 14.7 Å². The molecule has 9 nitrogen and oxygen atoms in total. The number of rotatable bonds is 6. The average molecular weight is 543 g/mol. The maximum absolute atomic E-state index is 12.7. The molecule has 4 aliphatic heterocycles. The molecule has 9 heteroatoms. The van der Waals surface area contributed by atoms with Gasteiger partial charge in [0.2, 0.25) is 5.91 Å². The summed E-state index contributed by atoms with van der Waals surface area (Å²) in [5, 5.41) is 0. The van der Waals surface area contributed by atoms with Gasteiger partial charge in [-0.2, -0.15) is 9.97 Å². The lowest BCUT2D eigenvalue weighted by Crippen LogP contribution is -2.64. The van der Waals surface area contributed by atoms with Gasteiger partial charge >= 0.3 is 6.01 Å². The van der Waals surface area contributed by atoms with Crippen LogP contribution in [0.1, 0.15) is 60.5 Å². The van der Waals surface area contributed by atoms with Crippen LogP contribution in [-0.2, 0) is 29.1 Å². The minimum Gasteiger partial charge on any atom is -0.462 e. The van der Waals surface area contributed by atoms with Crippen molar-refractivity contribution in [3.05, 3.63) is 59.3 Å². The van der Waals surface area contributed by atoms with Gasteiger partial charge in [-0.25, -0.2) is 0 Å². The average Bonchev–Trinajstić information content (AvgIpc) is 3.68. The molecule has 1 aromatic heterocycles. The van der Waals surface area contributed by atoms with E-state index in [0.717, 1.165) is 56.0 Å². The van der Waals surface area contributed by atoms with E-state index >= 15 is 0 Å². The number of fused-ring (bicyclic) bond motifs is 4. The Morgan fingerprint density at radius 3 is 2.67 bits per heavy atom. The van der Waals surface area contributed by atoms with Gasteiger partial charge in [0.1, 0.15) is 18.2 Å². The standard InChI is InChI=1S/C31H38N6O3/c1-3-29(39)36-15-22-13-24(38)14-23(16-36)37(22)30-26-17-35(28-11-10-20-7-4-5-9-25(20)28)18-27(26)32-31(33-30)40-19-21-8-6-12-34(21)2/h3-5,7,9,21-23,28H,1,6,8,10-19H2,2H3/t21-,22?,23?,28?/m0/s1. The van der Waals surface area contributed by atoms with Crippen LogP contribution in [0.4, 0.5) is 5.82 Å². The van der Waals surface area contributed by atoms with E-state index < -0.39 is 0 Å². The molecule has 5 heterocycles. The van der Waals surface area contributed by atoms with Gasteiger partial charge in [0.05, 0.1) is 17.8 Å². The molecule has 1 aliphatic carbocycles. The first-order valence-electron chi connectivity index (χ1n) is 14.7. The van der Waals surface area contributed by atoms with Crippen molar-refractivity contribution in [3.8, 4) is 6.01 Å². The number of aromatic nitrogens is 2. The number of aryl methyl sites for hydroxylation is 1. The third-order valence-corrected chi connectivity index (χ3v) is 9.69. The fraction of sp³-hybridized carbons (Fsp3) is 0.548. The minimum atomic E-state index is -0.113. The molecular weight excluding hydrogens is 504 g/mol. The molecule has 40 heavy (non-hydrogen) atoms. The molecular formula is C31H38N6O3. The van der Waals surface area contributed by atoms with Crippen LogP contribution in [0.2, 0.25) is 0 Å². The molecule has 2 bridgehead atoms. The molecule has 0 N–H and O–H groups in total. The number of anilines is 1. The first-order valence-corrected chi connectivity index (χ1v) is 14.7. The van der Waals surface area contributed by atoms with E-state index in [0.29, 0.717) is 50.6 Å². The van der Waals surface area contributed by atoms with Crippen LogP contribution in [-0.4, -0.2) is 87.8 Å². The molecule has 0 spiro atoms. The number of hydrogen-bond acceptors (Lipinski definition) is 8. The molecule has 5 aliphatic rings. The van der Waals surface area contributed by atoms with Crippen molar-refractivity contribution in [1.82, 2.24) is 24.7 Å². The van der Waals surface area contributed by atoms with Crippen molar-refractivity contribution >= 4 is 17.5 Å². The molecule has 3 unspecified atom stereocenters. The molecule has 210 valence electrons.